The summed E-state index contributed by atoms with van der Waals surface area (Å²) in [6, 6.07) is 0. The van der Waals surface area contributed by atoms with E-state index in [1.165, 1.54) is 6.08 Å². The standard InChI is InChI=1S/C10H19NO3/c1-5-8(12)6-7-14-9(13)11-10(2,3)4/h5,8,12H,1,6-7H2,2-4H3,(H,11,13)/t8-/m0/s1. The number of ether oxygens (including phenoxy) is 1. The minimum Gasteiger partial charge on any atom is -0.449 e. The summed E-state index contributed by atoms with van der Waals surface area (Å²) in [6.07, 6.45) is 0.706. The van der Waals surface area contributed by atoms with Gasteiger partial charge in [-0.2, -0.15) is 0 Å². The molecule has 0 heterocycles. The lowest BCUT2D eigenvalue weighted by molar-refractivity contribution is 0.116. The Bertz CT molecular complexity index is 196. The van der Waals surface area contributed by atoms with Gasteiger partial charge in [0.25, 0.3) is 0 Å². The van der Waals surface area contributed by atoms with E-state index in [9.17, 15) is 4.79 Å². The van der Waals surface area contributed by atoms with Crippen LogP contribution in [0.1, 0.15) is 27.2 Å². The highest BCUT2D eigenvalue weighted by molar-refractivity contribution is 5.67. The summed E-state index contributed by atoms with van der Waals surface area (Å²) in [5.74, 6) is 0. The zero-order valence-electron chi connectivity index (χ0n) is 9.04. The first-order valence-corrected chi connectivity index (χ1v) is 4.60. The van der Waals surface area contributed by atoms with Crippen LogP contribution in [0.5, 0.6) is 0 Å². The summed E-state index contributed by atoms with van der Waals surface area (Å²) >= 11 is 0. The molecule has 0 aromatic heterocycles. The molecule has 0 saturated carbocycles. The van der Waals surface area contributed by atoms with Crippen LogP contribution in [0, 0.1) is 0 Å². The van der Waals surface area contributed by atoms with Crippen molar-refractivity contribution < 1.29 is 14.6 Å². The van der Waals surface area contributed by atoms with Crippen LogP contribution < -0.4 is 5.32 Å². The first-order chi connectivity index (χ1) is 6.35. The van der Waals surface area contributed by atoms with Crippen molar-refractivity contribution in [2.24, 2.45) is 0 Å². The molecule has 2 N–H and O–H groups in total. The third-order valence-corrected chi connectivity index (χ3v) is 1.40. The smallest absolute Gasteiger partial charge is 0.407 e. The zero-order chi connectivity index (χ0) is 11.2. The van der Waals surface area contributed by atoms with Crippen LogP contribution in [-0.2, 0) is 4.74 Å². The maximum Gasteiger partial charge on any atom is 0.407 e. The molecule has 1 atom stereocenters. The molecule has 0 fully saturated rings. The van der Waals surface area contributed by atoms with Gasteiger partial charge in [0, 0.05) is 12.0 Å². The molecule has 0 aliphatic carbocycles. The third-order valence-electron chi connectivity index (χ3n) is 1.40. The van der Waals surface area contributed by atoms with Crippen molar-refractivity contribution >= 4 is 6.09 Å². The van der Waals surface area contributed by atoms with Crippen LogP contribution >= 0.6 is 0 Å². The molecule has 0 aliphatic rings. The number of aliphatic hydroxyl groups excluding tert-OH is 1. The molecule has 0 bridgehead atoms. The summed E-state index contributed by atoms with van der Waals surface area (Å²) in [4.78, 5) is 11.1. The Morgan fingerprint density at radius 3 is 2.64 bits per heavy atom. The van der Waals surface area contributed by atoms with Gasteiger partial charge in [-0.15, -0.1) is 6.58 Å². The van der Waals surface area contributed by atoms with Gasteiger partial charge in [-0.25, -0.2) is 4.79 Å². The number of carbonyl (C=O) groups is 1. The van der Waals surface area contributed by atoms with E-state index in [2.05, 4.69) is 11.9 Å². The molecule has 1 amide bonds. The Hall–Kier alpha value is -1.03. The molecule has 0 unspecified atom stereocenters. The van der Waals surface area contributed by atoms with E-state index in [4.69, 9.17) is 9.84 Å². The van der Waals surface area contributed by atoms with Crippen molar-refractivity contribution in [1.82, 2.24) is 5.32 Å². The fourth-order valence-corrected chi connectivity index (χ4v) is 0.732. The van der Waals surface area contributed by atoms with E-state index in [1.54, 1.807) is 0 Å². The first-order valence-electron chi connectivity index (χ1n) is 4.60. The number of hydrogen-bond acceptors (Lipinski definition) is 3. The summed E-state index contributed by atoms with van der Waals surface area (Å²) < 4.78 is 4.83. The van der Waals surface area contributed by atoms with Crippen molar-refractivity contribution in [3.05, 3.63) is 12.7 Å². The second kappa shape index (κ2) is 5.65. The van der Waals surface area contributed by atoms with Gasteiger partial charge in [0.1, 0.15) is 0 Å². The lowest BCUT2D eigenvalue weighted by atomic mass is 10.1. The molecular formula is C10H19NO3. The minimum absolute atomic E-state index is 0.190. The van der Waals surface area contributed by atoms with Crippen LogP contribution in [0.3, 0.4) is 0 Å². The SMILES string of the molecule is C=C[C@H](O)CCOC(=O)NC(C)(C)C. The molecule has 0 spiro atoms. The monoisotopic (exact) mass is 201 g/mol. The summed E-state index contributed by atoms with van der Waals surface area (Å²) in [5, 5.41) is 11.7. The zero-order valence-corrected chi connectivity index (χ0v) is 9.04. The Balaban J connectivity index is 3.60. The van der Waals surface area contributed by atoms with Gasteiger partial charge in [0.05, 0.1) is 12.7 Å². The van der Waals surface area contributed by atoms with Crippen LogP contribution in [-0.4, -0.2) is 29.4 Å². The van der Waals surface area contributed by atoms with E-state index >= 15 is 0 Å². The van der Waals surface area contributed by atoms with Gasteiger partial charge in [0.2, 0.25) is 0 Å². The molecule has 82 valence electrons. The molecule has 0 aromatic rings. The topological polar surface area (TPSA) is 58.6 Å². The second-order valence-electron chi connectivity index (χ2n) is 4.10. The van der Waals surface area contributed by atoms with E-state index in [1.807, 2.05) is 20.8 Å². The fourth-order valence-electron chi connectivity index (χ4n) is 0.732. The lowest BCUT2D eigenvalue weighted by Gasteiger charge is -2.20. The molecule has 0 aromatic carbocycles. The van der Waals surface area contributed by atoms with Gasteiger partial charge in [-0.05, 0) is 20.8 Å². The molecule has 4 nitrogen and oxygen atoms in total. The Morgan fingerprint density at radius 2 is 2.21 bits per heavy atom. The van der Waals surface area contributed by atoms with Crippen molar-refractivity contribution in [1.29, 1.82) is 0 Å². The number of nitrogens with one attached hydrogen (secondary N) is 1. The van der Waals surface area contributed by atoms with E-state index in [-0.39, 0.29) is 12.1 Å². The van der Waals surface area contributed by atoms with Gasteiger partial charge in [-0.1, -0.05) is 6.08 Å². The molecule has 0 saturated heterocycles. The van der Waals surface area contributed by atoms with Crippen LogP contribution in [0.15, 0.2) is 12.7 Å². The number of aliphatic hydroxyl groups is 1. The van der Waals surface area contributed by atoms with Crippen molar-refractivity contribution in [2.75, 3.05) is 6.61 Å². The van der Waals surface area contributed by atoms with Gasteiger partial charge in [0.15, 0.2) is 0 Å². The van der Waals surface area contributed by atoms with Gasteiger partial charge >= 0.3 is 6.09 Å². The van der Waals surface area contributed by atoms with Crippen LogP contribution in [0.2, 0.25) is 0 Å². The Labute approximate surface area is 85.0 Å². The fraction of sp³-hybridized carbons (Fsp3) is 0.700. The minimum atomic E-state index is -0.613. The predicted molar refractivity (Wildman–Crippen MR) is 55.1 cm³/mol. The molecule has 0 rings (SSSR count). The quantitative estimate of drug-likeness (QED) is 0.677. The Morgan fingerprint density at radius 1 is 1.64 bits per heavy atom. The third kappa shape index (κ3) is 7.61. The van der Waals surface area contributed by atoms with E-state index < -0.39 is 12.2 Å². The number of alkyl carbamates (subject to hydrolysis) is 1. The molecular weight excluding hydrogens is 182 g/mol. The molecule has 14 heavy (non-hydrogen) atoms. The molecule has 0 aliphatic heterocycles. The second-order valence-corrected chi connectivity index (χ2v) is 4.10. The highest BCUT2D eigenvalue weighted by Gasteiger charge is 2.14. The average Bonchev–Trinajstić information content (AvgIpc) is 2.00. The highest BCUT2D eigenvalue weighted by Crippen LogP contribution is 2.00. The van der Waals surface area contributed by atoms with Gasteiger partial charge < -0.3 is 15.2 Å². The number of rotatable bonds is 4. The maximum atomic E-state index is 11.1. The van der Waals surface area contributed by atoms with Crippen molar-refractivity contribution in [3.8, 4) is 0 Å². The summed E-state index contributed by atoms with van der Waals surface area (Å²) in [6.45, 7) is 9.20. The molecule has 0 radical (unpaired) electrons. The maximum absolute atomic E-state index is 11.1. The van der Waals surface area contributed by atoms with Gasteiger partial charge in [-0.3, -0.25) is 0 Å². The average molecular weight is 201 g/mol. The largest absolute Gasteiger partial charge is 0.449 e. The van der Waals surface area contributed by atoms with E-state index in [0.29, 0.717) is 6.42 Å². The van der Waals surface area contributed by atoms with Crippen molar-refractivity contribution in [3.63, 3.8) is 0 Å². The van der Waals surface area contributed by atoms with Crippen LogP contribution in [0.4, 0.5) is 4.79 Å². The predicted octanol–water partition coefficient (Wildman–Crippen LogP) is 1.45. The number of amides is 1. The van der Waals surface area contributed by atoms with E-state index in [0.717, 1.165) is 0 Å². The normalized spacial score (nSPS) is 13.1. The van der Waals surface area contributed by atoms with Crippen LogP contribution in [0.25, 0.3) is 0 Å². The summed E-state index contributed by atoms with van der Waals surface area (Å²) in [7, 11) is 0. The number of hydrogen-bond donors (Lipinski definition) is 2. The molecule has 4 heteroatoms. The first kappa shape index (κ1) is 13.0. The van der Waals surface area contributed by atoms with Crippen molar-refractivity contribution in [2.45, 2.75) is 38.8 Å². The Kier molecular flexibility index (Phi) is 5.23. The lowest BCUT2D eigenvalue weighted by Crippen LogP contribution is -2.41. The summed E-state index contributed by atoms with van der Waals surface area (Å²) in [5.41, 5.74) is -0.297. The highest BCUT2D eigenvalue weighted by atomic mass is 16.5. The number of carbonyl (C=O) groups excluding carboxylic acids is 1.